The quantitative estimate of drug-likeness (QED) is 0.793. The van der Waals surface area contributed by atoms with E-state index in [2.05, 4.69) is 31.9 Å². The van der Waals surface area contributed by atoms with E-state index >= 15 is 0 Å². The van der Waals surface area contributed by atoms with Crippen molar-refractivity contribution in [1.82, 2.24) is 14.8 Å². The fourth-order valence-corrected chi connectivity index (χ4v) is 2.54. The van der Waals surface area contributed by atoms with Crippen LogP contribution >= 0.6 is 15.9 Å². The summed E-state index contributed by atoms with van der Waals surface area (Å²) in [5.74, 6) is 0.225. The second-order valence-electron chi connectivity index (χ2n) is 4.84. The molecule has 4 nitrogen and oxygen atoms in total. The van der Waals surface area contributed by atoms with Gasteiger partial charge in [-0.05, 0) is 18.1 Å². The number of rotatable bonds is 4. The fourth-order valence-electron chi connectivity index (χ4n) is 2.25. The number of hydrogen-bond acceptors (Lipinski definition) is 3. The molecule has 2 rings (SSSR count). The highest BCUT2D eigenvalue weighted by atomic mass is 79.9. The van der Waals surface area contributed by atoms with Crippen LogP contribution in [0.2, 0.25) is 0 Å². The molecule has 0 aliphatic carbocycles. The standard InChI is InChI=1S/C14H20BrN3O/c1-2-13(15)14(19)18-8-6-17(7-9-18)11-12-4-3-5-16-10-12/h3-5,10,13H,2,6-9,11H2,1H3. The molecule has 19 heavy (non-hydrogen) atoms. The molecule has 1 atom stereocenters. The number of piperazine rings is 1. The zero-order valence-electron chi connectivity index (χ0n) is 11.3. The predicted molar refractivity (Wildman–Crippen MR) is 79.1 cm³/mol. The first-order valence-electron chi connectivity index (χ1n) is 6.75. The van der Waals surface area contributed by atoms with Crippen molar-refractivity contribution in [3.63, 3.8) is 0 Å². The van der Waals surface area contributed by atoms with Crippen LogP contribution in [0.1, 0.15) is 18.9 Å². The first-order valence-corrected chi connectivity index (χ1v) is 7.66. The molecular weight excluding hydrogens is 306 g/mol. The van der Waals surface area contributed by atoms with E-state index in [9.17, 15) is 4.79 Å². The van der Waals surface area contributed by atoms with E-state index in [1.54, 1.807) is 6.20 Å². The maximum atomic E-state index is 12.0. The average molecular weight is 326 g/mol. The SMILES string of the molecule is CCC(Br)C(=O)N1CCN(Cc2cccnc2)CC1. The topological polar surface area (TPSA) is 36.4 Å². The minimum Gasteiger partial charge on any atom is -0.339 e. The van der Waals surface area contributed by atoms with Gasteiger partial charge in [0.15, 0.2) is 0 Å². The number of halogens is 1. The summed E-state index contributed by atoms with van der Waals surface area (Å²) >= 11 is 3.43. The van der Waals surface area contributed by atoms with Crippen molar-refractivity contribution in [2.75, 3.05) is 26.2 Å². The number of carbonyl (C=O) groups is 1. The summed E-state index contributed by atoms with van der Waals surface area (Å²) < 4.78 is 0. The molecule has 1 unspecified atom stereocenters. The Morgan fingerprint density at radius 2 is 2.16 bits per heavy atom. The molecule has 0 bridgehead atoms. The number of amides is 1. The second kappa shape index (κ2) is 7.01. The zero-order chi connectivity index (χ0) is 13.7. The van der Waals surface area contributed by atoms with Gasteiger partial charge in [-0.1, -0.05) is 28.9 Å². The minimum atomic E-state index is -0.0302. The summed E-state index contributed by atoms with van der Waals surface area (Å²) in [5, 5.41) is 0. The van der Waals surface area contributed by atoms with Gasteiger partial charge >= 0.3 is 0 Å². The smallest absolute Gasteiger partial charge is 0.236 e. The van der Waals surface area contributed by atoms with Crippen molar-refractivity contribution in [2.45, 2.75) is 24.7 Å². The predicted octanol–water partition coefficient (Wildman–Crippen LogP) is 1.90. The Morgan fingerprint density at radius 3 is 2.74 bits per heavy atom. The summed E-state index contributed by atoms with van der Waals surface area (Å²) in [4.78, 5) is 20.5. The summed E-state index contributed by atoms with van der Waals surface area (Å²) in [6.45, 7) is 6.45. The van der Waals surface area contributed by atoms with Crippen molar-refractivity contribution in [2.24, 2.45) is 0 Å². The maximum Gasteiger partial charge on any atom is 0.236 e. The third-order valence-electron chi connectivity index (χ3n) is 3.44. The number of pyridine rings is 1. The fraction of sp³-hybridized carbons (Fsp3) is 0.571. The van der Waals surface area contributed by atoms with Gasteiger partial charge in [-0.15, -0.1) is 0 Å². The van der Waals surface area contributed by atoms with E-state index < -0.39 is 0 Å². The molecule has 1 aromatic heterocycles. The second-order valence-corrected chi connectivity index (χ2v) is 5.94. The van der Waals surface area contributed by atoms with Crippen molar-refractivity contribution < 1.29 is 4.79 Å². The number of nitrogens with zero attached hydrogens (tertiary/aromatic N) is 3. The van der Waals surface area contributed by atoms with Gasteiger partial charge in [0.2, 0.25) is 5.91 Å². The highest BCUT2D eigenvalue weighted by Crippen LogP contribution is 2.13. The summed E-state index contributed by atoms with van der Waals surface area (Å²) in [6.07, 6.45) is 4.54. The van der Waals surface area contributed by atoms with Crippen LogP contribution in [0.4, 0.5) is 0 Å². The summed E-state index contributed by atoms with van der Waals surface area (Å²) in [5.41, 5.74) is 1.23. The highest BCUT2D eigenvalue weighted by Gasteiger charge is 2.24. The highest BCUT2D eigenvalue weighted by molar-refractivity contribution is 9.10. The third kappa shape index (κ3) is 4.01. The van der Waals surface area contributed by atoms with E-state index in [1.807, 2.05) is 24.1 Å². The molecule has 1 aliphatic heterocycles. The van der Waals surface area contributed by atoms with Crippen molar-refractivity contribution in [3.8, 4) is 0 Å². The van der Waals surface area contributed by atoms with E-state index in [-0.39, 0.29) is 10.7 Å². The average Bonchev–Trinajstić information content (AvgIpc) is 2.47. The van der Waals surface area contributed by atoms with E-state index in [1.165, 1.54) is 5.56 Å². The monoisotopic (exact) mass is 325 g/mol. The van der Waals surface area contributed by atoms with E-state index in [4.69, 9.17) is 0 Å². The lowest BCUT2D eigenvalue weighted by Gasteiger charge is -2.35. The van der Waals surface area contributed by atoms with Gasteiger partial charge in [0.1, 0.15) is 0 Å². The van der Waals surface area contributed by atoms with E-state index in [0.717, 1.165) is 39.1 Å². The van der Waals surface area contributed by atoms with Crippen LogP contribution in [0.25, 0.3) is 0 Å². The van der Waals surface area contributed by atoms with Crippen LogP contribution in [0.15, 0.2) is 24.5 Å². The largest absolute Gasteiger partial charge is 0.339 e. The first-order chi connectivity index (χ1) is 9.20. The van der Waals surface area contributed by atoms with Crippen molar-refractivity contribution >= 4 is 21.8 Å². The Bertz CT molecular complexity index is 404. The molecule has 1 amide bonds. The summed E-state index contributed by atoms with van der Waals surface area (Å²) in [7, 11) is 0. The normalized spacial score (nSPS) is 18.3. The number of hydrogen-bond donors (Lipinski definition) is 0. The van der Waals surface area contributed by atoms with E-state index in [0.29, 0.717) is 0 Å². The van der Waals surface area contributed by atoms with Crippen molar-refractivity contribution in [3.05, 3.63) is 30.1 Å². The lowest BCUT2D eigenvalue weighted by atomic mass is 10.2. The first kappa shape index (κ1) is 14.5. The van der Waals surface area contributed by atoms with Gasteiger partial charge in [-0.3, -0.25) is 14.7 Å². The molecule has 0 aromatic carbocycles. The van der Waals surface area contributed by atoms with Crippen LogP contribution in [0.3, 0.4) is 0 Å². The molecule has 5 heteroatoms. The van der Waals surface area contributed by atoms with Crippen LogP contribution in [0.5, 0.6) is 0 Å². The van der Waals surface area contributed by atoms with Gasteiger partial charge in [0, 0.05) is 45.1 Å². The molecule has 0 saturated carbocycles. The molecule has 0 radical (unpaired) electrons. The van der Waals surface area contributed by atoms with Crippen molar-refractivity contribution in [1.29, 1.82) is 0 Å². The Hall–Kier alpha value is -0.940. The van der Waals surface area contributed by atoms with Gasteiger partial charge in [-0.25, -0.2) is 0 Å². The Morgan fingerprint density at radius 1 is 1.42 bits per heavy atom. The lowest BCUT2D eigenvalue weighted by Crippen LogP contribution is -2.50. The molecule has 2 heterocycles. The molecule has 0 spiro atoms. The maximum absolute atomic E-state index is 12.0. The molecule has 1 aliphatic rings. The van der Waals surface area contributed by atoms with Crippen LogP contribution in [0, 0.1) is 0 Å². The number of alkyl halides is 1. The summed E-state index contributed by atoms with van der Waals surface area (Å²) in [6, 6.07) is 4.06. The lowest BCUT2D eigenvalue weighted by molar-refractivity contribution is -0.132. The molecular formula is C14H20BrN3O. The molecule has 104 valence electrons. The molecule has 1 fully saturated rings. The van der Waals surface area contributed by atoms with Gasteiger partial charge in [0.05, 0.1) is 4.83 Å². The van der Waals surface area contributed by atoms with Gasteiger partial charge in [-0.2, -0.15) is 0 Å². The van der Waals surface area contributed by atoms with Crippen LogP contribution in [-0.2, 0) is 11.3 Å². The molecule has 1 aromatic rings. The van der Waals surface area contributed by atoms with Crippen LogP contribution in [-0.4, -0.2) is 51.7 Å². The molecule has 1 saturated heterocycles. The van der Waals surface area contributed by atoms with Crippen LogP contribution < -0.4 is 0 Å². The Balaban J connectivity index is 1.81. The Kier molecular flexibility index (Phi) is 5.34. The van der Waals surface area contributed by atoms with Gasteiger partial charge < -0.3 is 4.90 Å². The third-order valence-corrected chi connectivity index (χ3v) is 4.48. The number of carbonyl (C=O) groups excluding carboxylic acids is 1. The van der Waals surface area contributed by atoms with Gasteiger partial charge in [0.25, 0.3) is 0 Å². The Labute approximate surface area is 122 Å². The zero-order valence-corrected chi connectivity index (χ0v) is 12.8. The minimum absolute atomic E-state index is 0.0302. The number of aromatic nitrogens is 1. The molecule has 0 N–H and O–H groups in total.